The summed E-state index contributed by atoms with van der Waals surface area (Å²) in [5.41, 5.74) is 2.25. The Morgan fingerprint density at radius 1 is 1.21 bits per heavy atom. The molecule has 0 saturated carbocycles. The monoisotopic (exact) mass is 401 g/mol. The van der Waals surface area contributed by atoms with Crippen molar-refractivity contribution in [2.75, 3.05) is 38.2 Å². The van der Waals surface area contributed by atoms with E-state index in [4.69, 9.17) is 9.72 Å². The highest BCUT2D eigenvalue weighted by Crippen LogP contribution is 2.32. The fourth-order valence-corrected chi connectivity index (χ4v) is 4.17. The van der Waals surface area contributed by atoms with Crippen LogP contribution in [0.3, 0.4) is 0 Å². The van der Waals surface area contributed by atoms with E-state index < -0.39 is 0 Å². The fraction of sp³-hybridized carbons (Fsp3) is 0.450. The number of hydrogen-bond donors (Lipinski definition) is 0. The van der Waals surface area contributed by atoms with Gasteiger partial charge in [-0.15, -0.1) is 0 Å². The minimum Gasteiger partial charge on any atom is -0.497 e. The number of amides is 1. The number of fused-ring (bicyclic) bond motifs is 1. The van der Waals surface area contributed by atoms with Crippen molar-refractivity contribution < 1.29 is 9.53 Å². The molecular formula is C20H27N5O2S. The predicted octanol–water partition coefficient (Wildman–Crippen LogP) is 3.34. The first-order valence-electron chi connectivity index (χ1n) is 9.46. The number of ether oxygens (including phenoxy) is 1. The zero-order chi connectivity index (χ0) is 20.3. The third kappa shape index (κ3) is 4.18. The van der Waals surface area contributed by atoms with Crippen molar-refractivity contribution in [1.82, 2.24) is 19.7 Å². The number of anilines is 1. The Labute approximate surface area is 169 Å². The lowest BCUT2D eigenvalue weighted by molar-refractivity contribution is 0.0974. The van der Waals surface area contributed by atoms with Gasteiger partial charge in [0.05, 0.1) is 23.0 Å². The van der Waals surface area contributed by atoms with Crippen molar-refractivity contribution in [2.24, 2.45) is 7.05 Å². The molecule has 1 amide bonds. The molecule has 0 bridgehead atoms. The van der Waals surface area contributed by atoms with Crippen LogP contribution in [0.5, 0.6) is 5.75 Å². The second-order valence-electron chi connectivity index (χ2n) is 6.61. The first kappa shape index (κ1) is 20.3. The minimum absolute atomic E-state index is 0.0822. The van der Waals surface area contributed by atoms with Crippen LogP contribution in [0.4, 0.5) is 5.13 Å². The molecule has 3 rings (SSSR count). The number of aryl methyl sites for hydroxylation is 2. The van der Waals surface area contributed by atoms with Crippen LogP contribution < -0.4 is 9.64 Å². The third-order valence-corrected chi connectivity index (χ3v) is 5.86. The van der Waals surface area contributed by atoms with Gasteiger partial charge < -0.3 is 9.64 Å². The summed E-state index contributed by atoms with van der Waals surface area (Å²) in [7, 11) is 3.44. The molecule has 0 aliphatic rings. The first-order valence-corrected chi connectivity index (χ1v) is 10.3. The lowest BCUT2D eigenvalue weighted by Crippen LogP contribution is -2.39. The van der Waals surface area contributed by atoms with E-state index in [9.17, 15) is 4.79 Å². The van der Waals surface area contributed by atoms with Crippen LogP contribution >= 0.6 is 11.3 Å². The molecule has 0 fully saturated rings. The maximum Gasteiger partial charge on any atom is 0.278 e. The Hall–Kier alpha value is -2.45. The summed E-state index contributed by atoms with van der Waals surface area (Å²) in [5.74, 6) is 0.701. The van der Waals surface area contributed by atoms with Gasteiger partial charge in [-0.05, 0) is 44.3 Å². The van der Waals surface area contributed by atoms with E-state index in [1.165, 1.54) is 11.3 Å². The summed E-state index contributed by atoms with van der Waals surface area (Å²) in [4.78, 5) is 22.1. The Bertz CT molecular complexity index is 961. The summed E-state index contributed by atoms with van der Waals surface area (Å²) >= 11 is 1.50. The van der Waals surface area contributed by atoms with Crippen molar-refractivity contribution in [3.8, 4) is 5.75 Å². The summed E-state index contributed by atoms with van der Waals surface area (Å²) in [6, 6.07) is 7.59. The van der Waals surface area contributed by atoms with Crippen molar-refractivity contribution in [2.45, 2.75) is 20.8 Å². The average molecular weight is 402 g/mol. The van der Waals surface area contributed by atoms with Crippen LogP contribution in [0.2, 0.25) is 0 Å². The van der Waals surface area contributed by atoms with E-state index in [0.29, 0.717) is 17.4 Å². The number of benzene rings is 1. The molecule has 0 radical (unpaired) electrons. The van der Waals surface area contributed by atoms with Gasteiger partial charge in [-0.1, -0.05) is 25.2 Å². The highest BCUT2D eigenvalue weighted by atomic mass is 32.1. The van der Waals surface area contributed by atoms with Gasteiger partial charge in [0.15, 0.2) is 5.13 Å². The van der Waals surface area contributed by atoms with Crippen LogP contribution in [-0.2, 0) is 7.05 Å². The molecule has 0 N–H and O–H groups in total. The molecule has 150 valence electrons. The van der Waals surface area contributed by atoms with E-state index in [0.717, 1.165) is 41.3 Å². The van der Waals surface area contributed by atoms with Crippen LogP contribution in [0, 0.1) is 6.92 Å². The number of thiazole rings is 1. The predicted molar refractivity (Wildman–Crippen MR) is 114 cm³/mol. The number of rotatable bonds is 8. The average Bonchev–Trinajstić information content (AvgIpc) is 3.26. The second kappa shape index (κ2) is 8.70. The molecule has 2 heterocycles. The Balaban J connectivity index is 1.97. The normalized spacial score (nSPS) is 11.4. The quantitative estimate of drug-likeness (QED) is 0.579. The summed E-state index contributed by atoms with van der Waals surface area (Å²) in [5, 5.41) is 5.02. The van der Waals surface area contributed by atoms with E-state index in [2.05, 4.69) is 23.8 Å². The number of hydrogen-bond acceptors (Lipinski definition) is 6. The summed E-state index contributed by atoms with van der Waals surface area (Å²) < 4.78 is 7.95. The van der Waals surface area contributed by atoms with Crippen molar-refractivity contribution >= 4 is 32.6 Å². The molecule has 0 aliphatic carbocycles. The first-order chi connectivity index (χ1) is 13.5. The topological polar surface area (TPSA) is 63.5 Å². The molecule has 0 aliphatic heterocycles. The highest BCUT2D eigenvalue weighted by molar-refractivity contribution is 7.22. The molecule has 7 nitrogen and oxygen atoms in total. The summed E-state index contributed by atoms with van der Waals surface area (Å²) in [6.07, 6.45) is 0. The number of carbonyl (C=O) groups is 1. The second-order valence-corrected chi connectivity index (χ2v) is 7.62. The largest absolute Gasteiger partial charge is 0.497 e. The van der Waals surface area contributed by atoms with Crippen molar-refractivity contribution in [1.29, 1.82) is 0 Å². The van der Waals surface area contributed by atoms with Gasteiger partial charge in [-0.2, -0.15) is 5.10 Å². The standard InChI is InChI=1S/C20H27N5O2S/c1-6-24(7-2)10-11-25(19(26)17-12-14(3)22-23(17)4)20-21-16-9-8-15(27-5)13-18(16)28-20/h8-9,12-13H,6-7,10-11H2,1-5H3. The van der Waals surface area contributed by atoms with Gasteiger partial charge in [-0.25, -0.2) is 4.98 Å². The molecule has 0 spiro atoms. The SMILES string of the molecule is CCN(CC)CCN(C(=O)c1cc(C)nn1C)c1nc2ccc(OC)cc2s1. The zero-order valence-corrected chi connectivity index (χ0v) is 17.9. The van der Waals surface area contributed by atoms with Gasteiger partial charge in [0.25, 0.3) is 5.91 Å². The molecule has 28 heavy (non-hydrogen) atoms. The maximum atomic E-state index is 13.4. The minimum atomic E-state index is -0.0822. The van der Waals surface area contributed by atoms with Crippen LogP contribution in [0.1, 0.15) is 30.0 Å². The van der Waals surface area contributed by atoms with E-state index in [1.807, 2.05) is 31.2 Å². The molecule has 0 saturated heterocycles. The van der Waals surface area contributed by atoms with Crippen LogP contribution in [0.25, 0.3) is 10.2 Å². The van der Waals surface area contributed by atoms with Crippen LogP contribution in [0.15, 0.2) is 24.3 Å². The number of carbonyl (C=O) groups excluding carboxylic acids is 1. The van der Waals surface area contributed by atoms with Crippen molar-refractivity contribution in [3.63, 3.8) is 0 Å². The zero-order valence-electron chi connectivity index (χ0n) is 17.1. The number of aromatic nitrogens is 3. The highest BCUT2D eigenvalue weighted by Gasteiger charge is 2.24. The fourth-order valence-electron chi connectivity index (χ4n) is 3.15. The molecule has 2 aromatic heterocycles. The number of methoxy groups -OCH3 is 1. The molecule has 3 aromatic rings. The van der Waals surface area contributed by atoms with Crippen molar-refractivity contribution in [3.05, 3.63) is 35.7 Å². The summed E-state index contributed by atoms with van der Waals surface area (Å²) in [6.45, 7) is 9.40. The van der Waals surface area contributed by atoms with Crippen LogP contribution in [-0.4, -0.2) is 58.9 Å². The molecular weight excluding hydrogens is 374 g/mol. The van der Waals surface area contributed by atoms with Gasteiger partial charge in [0.1, 0.15) is 11.4 Å². The third-order valence-electron chi connectivity index (χ3n) is 4.82. The van der Waals surface area contributed by atoms with E-state index >= 15 is 0 Å². The van der Waals surface area contributed by atoms with E-state index in [-0.39, 0.29) is 5.91 Å². The molecule has 8 heteroatoms. The van der Waals surface area contributed by atoms with Gasteiger partial charge in [0.2, 0.25) is 0 Å². The Morgan fingerprint density at radius 2 is 1.96 bits per heavy atom. The Morgan fingerprint density at radius 3 is 2.57 bits per heavy atom. The Kier molecular flexibility index (Phi) is 6.31. The van der Waals surface area contributed by atoms with Gasteiger partial charge in [-0.3, -0.25) is 14.4 Å². The van der Waals surface area contributed by atoms with Gasteiger partial charge >= 0.3 is 0 Å². The lowest BCUT2D eigenvalue weighted by atomic mass is 10.3. The maximum absolute atomic E-state index is 13.4. The van der Waals surface area contributed by atoms with Gasteiger partial charge in [0, 0.05) is 20.1 Å². The number of nitrogens with zero attached hydrogens (tertiary/aromatic N) is 5. The molecule has 0 unspecified atom stereocenters. The lowest BCUT2D eigenvalue weighted by Gasteiger charge is -2.24. The molecule has 1 aromatic carbocycles. The molecule has 0 atom stereocenters. The number of likely N-dealkylation sites (N-methyl/N-ethyl adjacent to an activating group) is 1. The van der Waals surface area contributed by atoms with E-state index in [1.54, 1.807) is 23.7 Å². The smallest absolute Gasteiger partial charge is 0.278 e.